The van der Waals surface area contributed by atoms with Crippen LogP contribution in [0.1, 0.15) is 32.6 Å². The molecule has 2 N–H and O–H groups in total. The maximum Gasteiger partial charge on any atom is 0.239 e. The summed E-state index contributed by atoms with van der Waals surface area (Å²) < 4.78 is 5.43. The lowest BCUT2D eigenvalue weighted by Gasteiger charge is -2.15. The summed E-state index contributed by atoms with van der Waals surface area (Å²) >= 11 is 0. The number of nitrogens with two attached hydrogens (primary N) is 1. The first-order valence-electron chi connectivity index (χ1n) is 5.87. The number of hydrogen-bond donors (Lipinski definition) is 1. The van der Waals surface area contributed by atoms with E-state index in [0.29, 0.717) is 0 Å². The SMILES string of the molecule is CCCCOCCCN1CC[C@H](N)C1=O. The quantitative estimate of drug-likeness (QED) is 0.636. The molecule has 0 aromatic carbocycles. The maximum absolute atomic E-state index is 11.4. The Morgan fingerprint density at radius 2 is 2.20 bits per heavy atom. The van der Waals surface area contributed by atoms with E-state index < -0.39 is 0 Å². The molecule has 0 radical (unpaired) electrons. The summed E-state index contributed by atoms with van der Waals surface area (Å²) in [7, 11) is 0. The molecular weight excluding hydrogens is 192 g/mol. The Morgan fingerprint density at radius 1 is 1.47 bits per heavy atom. The van der Waals surface area contributed by atoms with E-state index in [0.717, 1.165) is 45.6 Å². The molecule has 15 heavy (non-hydrogen) atoms. The molecule has 1 aliphatic heterocycles. The minimum absolute atomic E-state index is 0.101. The predicted octanol–water partition coefficient (Wildman–Crippen LogP) is 0.753. The number of nitrogens with zero attached hydrogens (tertiary/aromatic N) is 1. The highest BCUT2D eigenvalue weighted by atomic mass is 16.5. The van der Waals surface area contributed by atoms with Gasteiger partial charge in [0.2, 0.25) is 5.91 Å². The number of unbranched alkanes of at least 4 members (excludes halogenated alkanes) is 1. The fourth-order valence-electron chi connectivity index (χ4n) is 1.69. The van der Waals surface area contributed by atoms with Crippen LogP contribution >= 0.6 is 0 Å². The molecule has 0 unspecified atom stereocenters. The van der Waals surface area contributed by atoms with Gasteiger partial charge in [0, 0.05) is 26.3 Å². The Balaban J connectivity index is 1.98. The molecule has 0 aliphatic carbocycles. The average molecular weight is 214 g/mol. The molecule has 1 aliphatic rings. The minimum Gasteiger partial charge on any atom is -0.381 e. The van der Waals surface area contributed by atoms with Crippen molar-refractivity contribution in [3.8, 4) is 0 Å². The highest BCUT2D eigenvalue weighted by Gasteiger charge is 2.27. The standard InChI is InChI=1S/C11H22N2O2/c1-2-3-8-15-9-4-6-13-7-5-10(12)11(13)14/h10H,2-9,12H2,1H3/t10-/m0/s1. The van der Waals surface area contributed by atoms with Crippen molar-refractivity contribution >= 4 is 5.91 Å². The average Bonchev–Trinajstić information content (AvgIpc) is 2.54. The van der Waals surface area contributed by atoms with Gasteiger partial charge in [-0.25, -0.2) is 0 Å². The molecule has 0 bridgehead atoms. The molecule has 1 saturated heterocycles. The summed E-state index contributed by atoms with van der Waals surface area (Å²) in [5, 5.41) is 0. The number of amides is 1. The van der Waals surface area contributed by atoms with E-state index >= 15 is 0 Å². The third-order valence-electron chi connectivity index (χ3n) is 2.70. The zero-order chi connectivity index (χ0) is 11.1. The first kappa shape index (κ1) is 12.5. The summed E-state index contributed by atoms with van der Waals surface area (Å²) in [4.78, 5) is 13.3. The summed E-state index contributed by atoms with van der Waals surface area (Å²) in [6, 6.07) is -0.258. The Hall–Kier alpha value is -0.610. The normalized spacial score (nSPS) is 21.3. The smallest absolute Gasteiger partial charge is 0.239 e. The fraction of sp³-hybridized carbons (Fsp3) is 0.909. The first-order valence-corrected chi connectivity index (χ1v) is 5.87. The van der Waals surface area contributed by atoms with Crippen LogP contribution < -0.4 is 5.73 Å². The predicted molar refractivity (Wildman–Crippen MR) is 59.5 cm³/mol. The molecule has 0 aromatic rings. The molecule has 1 atom stereocenters. The molecule has 1 amide bonds. The molecule has 1 fully saturated rings. The van der Waals surface area contributed by atoms with E-state index in [1.807, 2.05) is 4.90 Å². The lowest BCUT2D eigenvalue weighted by molar-refractivity contribution is -0.128. The van der Waals surface area contributed by atoms with Gasteiger partial charge in [-0.2, -0.15) is 0 Å². The van der Waals surface area contributed by atoms with Gasteiger partial charge < -0.3 is 15.4 Å². The van der Waals surface area contributed by atoms with Crippen molar-refractivity contribution in [1.29, 1.82) is 0 Å². The second-order valence-corrected chi connectivity index (χ2v) is 4.04. The van der Waals surface area contributed by atoms with E-state index in [4.69, 9.17) is 10.5 Å². The van der Waals surface area contributed by atoms with Crippen molar-refractivity contribution in [1.82, 2.24) is 4.90 Å². The van der Waals surface area contributed by atoms with Crippen LogP contribution in [-0.4, -0.2) is 43.2 Å². The third kappa shape index (κ3) is 4.18. The lowest BCUT2D eigenvalue weighted by Crippen LogP contribution is -2.34. The van der Waals surface area contributed by atoms with Gasteiger partial charge in [0.25, 0.3) is 0 Å². The van der Waals surface area contributed by atoms with Crippen molar-refractivity contribution in [3.05, 3.63) is 0 Å². The Labute approximate surface area is 91.8 Å². The van der Waals surface area contributed by atoms with E-state index in [9.17, 15) is 4.79 Å². The van der Waals surface area contributed by atoms with Crippen LogP contribution in [0.25, 0.3) is 0 Å². The van der Waals surface area contributed by atoms with E-state index in [-0.39, 0.29) is 11.9 Å². The number of likely N-dealkylation sites (tertiary alicyclic amines) is 1. The van der Waals surface area contributed by atoms with Crippen molar-refractivity contribution in [2.45, 2.75) is 38.6 Å². The summed E-state index contributed by atoms with van der Waals surface area (Å²) in [5.41, 5.74) is 5.62. The zero-order valence-electron chi connectivity index (χ0n) is 9.58. The van der Waals surface area contributed by atoms with Crippen molar-refractivity contribution in [3.63, 3.8) is 0 Å². The van der Waals surface area contributed by atoms with Crippen LogP contribution in [0.5, 0.6) is 0 Å². The van der Waals surface area contributed by atoms with E-state index in [1.165, 1.54) is 6.42 Å². The molecule has 4 heteroatoms. The fourth-order valence-corrected chi connectivity index (χ4v) is 1.69. The Kier molecular flexibility index (Phi) is 5.65. The van der Waals surface area contributed by atoms with Crippen molar-refractivity contribution < 1.29 is 9.53 Å². The highest BCUT2D eigenvalue weighted by molar-refractivity contribution is 5.83. The van der Waals surface area contributed by atoms with E-state index in [2.05, 4.69) is 6.92 Å². The number of rotatable bonds is 7. The second-order valence-electron chi connectivity index (χ2n) is 4.04. The van der Waals surface area contributed by atoms with Gasteiger partial charge in [-0.05, 0) is 19.3 Å². The molecule has 1 heterocycles. The van der Waals surface area contributed by atoms with Gasteiger partial charge in [0.1, 0.15) is 0 Å². The largest absolute Gasteiger partial charge is 0.381 e. The monoisotopic (exact) mass is 214 g/mol. The van der Waals surface area contributed by atoms with Crippen molar-refractivity contribution in [2.24, 2.45) is 5.73 Å². The maximum atomic E-state index is 11.4. The summed E-state index contributed by atoms with van der Waals surface area (Å²) in [6.45, 7) is 5.34. The van der Waals surface area contributed by atoms with Gasteiger partial charge in [-0.3, -0.25) is 4.79 Å². The highest BCUT2D eigenvalue weighted by Crippen LogP contribution is 2.09. The molecule has 0 saturated carbocycles. The molecular formula is C11H22N2O2. The molecule has 88 valence electrons. The molecule has 0 aromatic heterocycles. The van der Waals surface area contributed by atoms with Crippen LogP contribution in [0.2, 0.25) is 0 Å². The van der Waals surface area contributed by atoms with Crippen LogP contribution in [0.3, 0.4) is 0 Å². The van der Waals surface area contributed by atoms with Crippen LogP contribution in [0, 0.1) is 0 Å². The Morgan fingerprint density at radius 3 is 2.80 bits per heavy atom. The summed E-state index contributed by atoms with van der Waals surface area (Å²) in [6.07, 6.45) is 4.00. The third-order valence-corrected chi connectivity index (χ3v) is 2.70. The van der Waals surface area contributed by atoms with Gasteiger partial charge in [-0.1, -0.05) is 13.3 Å². The van der Waals surface area contributed by atoms with Crippen LogP contribution in [-0.2, 0) is 9.53 Å². The zero-order valence-corrected chi connectivity index (χ0v) is 9.58. The number of hydrogen-bond acceptors (Lipinski definition) is 3. The lowest BCUT2D eigenvalue weighted by atomic mass is 10.3. The number of carbonyl (C=O) groups excluding carboxylic acids is 1. The molecule has 1 rings (SSSR count). The van der Waals surface area contributed by atoms with Gasteiger partial charge >= 0.3 is 0 Å². The minimum atomic E-state index is -0.258. The number of ether oxygens (including phenoxy) is 1. The number of carbonyl (C=O) groups is 1. The molecule has 0 spiro atoms. The summed E-state index contributed by atoms with van der Waals surface area (Å²) in [5.74, 6) is 0.101. The Bertz CT molecular complexity index is 197. The molecule has 4 nitrogen and oxygen atoms in total. The second kappa shape index (κ2) is 6.80. The van der Waals surface area contributed by atoms with E-state index in [1.54, 1.807) is 0 Å². The van der Waals surface area contributed by atoms with Gasteiger partial charge in [-0.15, -0.1) is 0 Å². The topological polar surface area (TPSA) is 55.6 Å². The van der Waals surface area contributed by atoms with Crippen LogP contribution in [0.4, 0.5) is 0 Å². The van der Waals surface area contributed by atoms with Crippen LogP contribution in [0.15, 0.2) is 0 Å². The van der Waals surface area contributed by atoms with Gasteiger partial charge in [0.05, 0.1) is 6.04 Å². The van der Waals surface area contributed by atoms with Crippen molar-refractivity contribution in [2.75, 3.05) is 26.3 Å². The van der Waals surface area contributed by atoms with Gasteiger partial charge in [0.15, 0.2) is 0 Å². The first-order chi connectivity index (χ1) is 7.25.